The maximum Gasteiger partial charge on any atom is 0.343 e. The lowest BCUT2D eigenvalue weighted by molar-refractivity contribution is -0.172. The van der Waals surface area contributed by atoms with Crippen molar-refractivity contribution in [2.45, 2.75) is 91.5 Å². The van der Waals surface area contributed by atoms with Gasteiger partial charge in [-0.15, -0.1) is 0 Å². The molecule has 0 radical (unpaired) electrons. The zero-order chi connectivity index (χ0) is 31.7. The van der Waals surface area contributed by atoms with Crippen LogP contribution >= 0.6 is 0 Å². The van der Waals surface area contributed by atoms with Crippen molar-refractivity contribution in [2.24, 2.45) is 5.41 Å². The number of pyridine rings is 2. The molecule has 3 aromatic rings. The minimum Gasteiger partial charge on any atom is -0.458 e. The van der Waals surface area contributed by atoms with Gasteiger partial charge in [0.05, 0.1) is 35.1 Å². The summed E-state index contributed by atoms with van der Waals surface area (Å²) < 4.78 is 21.8. The summed E-state index contributed by atoms with van der Waals surface area (Å²) in [5.74, 6) is -1.55. The van der Waals surface area contributed by atoms with Crippen LogP contribution in [0, 0.1) is 18.2 Å². The first kappa shape index (κ1) is 29.9. The van der Waals surface area contributed by atoms with Crippen molar-refractivity contribution in [3.8, 4) is 11.4 Å². The average Bonchev–Trinajstić information content (AvgIpc) is 3.32. The van der Waals surface area contributed by atoms with Crippen LogP contribution < -0.4 is 16.2 Å². The fourth-order valence-corrected chi connectivity index (χ4v) is 6.83. The van der Waals surface area contributed by atoms with Crippen molar-refractivity contribution in [3.05, 3.63) is 61.7 Å². The Morgan fingerprint density at radius 1 is 1.18 bits per heavy atom. The second-order valence-corrected chi connectivity index (χ2v) is 13.3. The van der Waals surface area contributed by atoms with E-state index in [1.54, 1.807) is 24.5 Å². The number of aryl methyl sites for hydroxylation is 1. The first-order valence-corrected chi connectivity index (χ1v) is 15.1. The lowest BCUT2D eigenvalue weighted by Crippen LogP contribution is -2.44. The third kappa shape index (κ3) is 4.77. The molecule has 1 aliphatic carbocycles. The Balaban J connectivity index is 1.41. The standard InChI is InChI=1S/C33H37FN4O6/c1-6-33(43)20-11-24-29-18(14-38(24)30(41)19(20)15-44-31(33)42)28-22(36-25(39)9-10-35-26(40)13-32(3,4)5)8-7-17-16(2)21(34)12-23(37-29)27(17)28/h11-12,22,43H,6-10,13-15H2,1-5H3,(H,35,40)(H,36,39)/t22-,33-/m0/s1. The highest BCUT2D eigenvalue weighted by atomic mass is 19.1. The molecule has 44 heavy (non-hydrogen) atoms. The Morgan fingerprint density at radius 3 is 2.64 bits per heavy atom. The Bertz CT molecular complexity index is 1820. The number of cyclic esters (lactones) is 1. The number of aromatic nitrogens is 2. The molecule has 0 spiro atoms. The summed E-state index contributed by atoms with van der Waals surface area (Å²) in [5.41, 5.74) is 2.05. The van der Waals surface area contributed by atoms with Crippen molar-refractivity contribution in [3.63, 3.8) is 0 Å². The van der Waals surface area contributed by atoms with E-state index >= 15 is 4.39 Å². The molecule has 3 N–H and O–H groups in total. The lowest BCUT2D eigenvalue weighted by Gasteiger charge is -2.31. The highest BCUT2D eigenvalue weighted by Crippen LogP contribution is 2.46. The van der Waals surface area contributed by atoms with Crippen LogP contribution in [-0.4, -0.2) is 39.0 Å². The molecule has 2 aromatic heterocycles. The van der Waals surface area contributed by atoms with Crippen molar-refractivity contribution < 1.29 is 28.6 Å². The van der Waals surface area contributed by atoms with E-state index in [-0.39, 0.29) is 66.7 Å². The van der Waals surface area contributed by atoms with Gasteiger partial charge in [0.2, 0.25) is 11.8 Å². The van der Waals surface area contributed by atoms with Crippen molar-refractivity contribution in [1.82, 2.24) is 20.2 Å². The van der Waals surface area contributed by atoms with Crippen LogP contribution in [0.25, 0.3) is 22.3 Å². The van der Waals surface area contributed by atoms with Gasteiger partial charge in [-0.05, 0) is 54.4 Å². The van der Waals surface area contributed by atoms with Gasteiger partial charge >= 0.3 is 5.97 Å². The van der Waals surface area contributed by atoms with Gasteiger partial charge in [0, 0.05) is 42.0 Å². The second-order valence-electron chi connectivity index (χ2n) is 13.3. The van der Waals surface area contributed by atoms with Crippen LogP contribution in [0.1, 0.15) is 92.8 Å². The third-order valence-electron chi connectivity index (χ3n) is 9.08. The maximum atomic E-state index is 15.1. The SMILES string of the molecule is CC[C@@]1(O)C(=O)OCc2c1cc1n(c2=O)Cc2c-1nc1cc(F)c(C)c3c1c2[C@@H](NC(=O)CCNC(=O)CC(C)(C)C)CC3. The summed E-state index contributed by atoms with van der Waals surface area (Å²) in [7, 11) is 0. The molecule has 3 aliphatic rings. The van der Waals surface area contributed by atoms with E-state index in [9.17, 15) is 24.3 Å². The predicted molar refractivity (Wildman–Crippen MR) is 160 cm³/mol. The van der Waals surface area contributed by atoms with Crippen LogP contribution in [0.2, 0.25) is 0 Å². The summed E-state index contributed by atoms with van der Waals surface area (Å²) in [6, 6.07) is 2.58. The number of hydrogen-bond acceptors (Lipinski definition) is 7. The van der Waals surface area contributed by atoms with Gasteiger partial charge < -0.3 is 25.0 Å². The molecule has 0 saturated heterocycles. The molecule has 6 rings (SSSR count). The summed E-state index contributed by atoms with van der Waals surface area (Å²) in [6.45, 7) is 9.41. The zero-order valence-electron chi connectivity index (χ0n) is 25.6. The summed E-state index contributed by atoms with van der Waals surface area (Å²) in [4.78, 5) is 56.6. The summed E-state index contributed by atoms with van der Waals surface area (Å²) in [6.07, 6.45) is 1.51. The number of aliphatic hydroxyl groups is 1. The van der Waals surface area contributed by atoms with Gasteiger partial charge in [0.25, 0.3) is 5.56 Å². The van der Waals surface area contributed by atoms with Crippen LogP contribution in [0.3, 0.4) is 0 Å². The minimum absolute atomic E-state index is 0.0175. The van der Waals surface area contributed by atoms with E-state index in [4.69, 9.17) is 9.72 Å². The Labute approximate surface area is 254 Å². The lowest BCUT2D eigenvalue weighted by atomic mass is 9.81. The first-order chi connectivity index (χ1) is 20.7. The molecule has 2 amide bonds. The van der Waals surface area contributed by atoms with Gasteiger partial charge in [0.1, 0.15) is 12.4 Å². The molecule has 4 heterocycles. The van der Waals surface area contributed by atoms with Crippen molar-refractivity contribution in [1.29, 1.82) is 0 Å². The van der Waals surface area contributed by atoms with Crippen LogP contribution in [0.15, 0.2) is 16.9 Å². The van der Waals surface area contributed by atoms with E-state index in [0.29, 0.717) is 41.7 Å². The van der Waals surface area contributed by atoms with E-state index in [0.717, 1.165) is 22.1 Å². The fraction of sp³-hybridized carbons (Fsp3) is 0.485. The largest absolute Gasteiger partial charge is 0.458 e. The molecule has 10 nitrogen and oxygen atoms in total. The molecular formula is C33H37FN4O6. The maximum absolute atomic E-state index is 15.1. The van der Waals surface area contributed by atoms with Gasteiger partial charge in [-0.2, -0.15) is 0 Å². The number of carbonyl (C=O) groups is 3. The van der Waals surface area contributed by atoms with E-state index < -0.39 is 23.2 Å². The smallest absolute Gasteiger partial charge is 0.343 e. The molecule has 0 fully saturated rings. The molecule has 0 saturated carbocycles. The number of amides is 2. The van der Waals surface area contributed by atoms with E-state index in [1.807, 2.05) is 20.8 Å². The Hall–Kier alpha value is -4.12. The number of rotatable bonds is 6. The normalized spacial score (nSPS) is 20.1. The van der Waals surface area contributed by atoms with Gasteiger partial charge in [0.15, 0.2) is 5.60 Å². The van der Waals surface area contributed by atoms with Gasteiger partial charge in [-0.25, -0.2) is 14.2 Å². The molecule has 11 heteroatoms. The first-order valence-electron chi connectivity index (χ1n) is 15.1. The van der Waals surface area contributed by atoms with Crippen molar-refractivity contribution >= 4 is 28.7 Å². The molecule has 232 valence electrons. The number of carbonyl (C=O) groups excluding carboxylic acids is 3. The van der Waals surface area contributed by atoms with Crippen LogP contribution in [0.4, 0.5) is 4.39 Å². The van der Waals surface area contributed by atoms with E-state index in [2.05, 4.69) is 10.6 Å². The number of nitrogens with zero attached hydrogens (tertiary/aromatic N) is 2. The highest BCUT2D eigenvalue weighted by Gasteiger charge is 2.46. The minimum atomic E-state index is -1.97. The fourth-order valence-electron chi connectivity index (χ4n) is 6.83. The number of hydrogen-bond donors (Lipinski definition) is 3. The molecule has 0 bridgehead atoms. The Kier molecular flexibility index (Phi) is 7.14. The molecule has 0 unspecified atom stereocenters. The predicted octanol–water partition coefficient (Wildman–Crippen LogP) is 3.57. The number of halogens is 1. The monoisotopic (exact) mass is 604 g/mol. The van der Waals surface area contributed by atoms with Crippen LogP contribution in [0.5, 0.6) is 0 Å². The quantitative estimate of drug-likeness (QED) is 0.286. The van der Waals surface area contributed by atoms with Crippen LogP contribution in [-0.2, 0) is 44.3 Å². The molecule has 2 aliphatic heterocycles. The molecule has 2 atom stereocenters. The second kappa shape index (κ2) is 10.5. The number of nitrogens with one attached hydrogen (secondary N) is 2. The molecule has 1 aromatic carbocycles. The number of esters is 1. The zero-order valence-corrected chi connectivity index (χ0v) is 25.6. The number of ether oxygens (including phenoxy) is 1. The molecular weight excluding hydrogens is 567 g/mol. The summed E-state index contributed by atoms with van der Waals surface area (Å²) >= 11 is 0. The average molecular weight is 605 g/mol. The van der Waals surface area contributed by atoms with Crippen molar-refractivity contribution in [2.75, 3.05) is 6.54 Å². The Morgan fingerprint density at radius 2 is 1.93 bits per heavy atom. The number of benzene rings is 1. The third-order valence-corrected chi connectivity index (χ3v) is 9.08. The van der Waals surface area contributed by atoms with Gasteiger partial charge in [-0.3, -0.25) is 14.4 Å². The van der Waals surface area contributed by atoms with Gasteiger partial charge in [-0.1, -0.05) is 27.7 Å². The van der Waals surface area contributed by atoms with E-state index in [1.165, 1.54) is 6.07 Å². The number of fused-ring (bicyclic) bond motifs is 5. The topological polar surface area (TPSA) is 140 Å². The summed E-state index contributed by atoms with van der Waals surface area (Å²) in [5, 5.41) is 17.9. The highest BCUT2D eigenvalue weighted by molar-refractivity contribution is 5.94.